The molecule has 0 radical (unpaired) electrons. The predicted octanol–water partition coefficient (Wildman–Crippen LogP) is 5.46. The summed E-state index contributed by atoms with van der Waals surface area (Å²) in [5.41, 5.74) is 2.99. The minimum absolute atomic E-state index is 0.150. The van der Waals surface area contributed by atoms with E-state index in [1.54, 1.807) is 12.1 Å². The van der Waals surface area contributed by atoms with E-state index in [-0.39, 0.29) is 4.90 Å². The quantitative estimate of drug-likeness (QED) is 0.591. The summed E-state index contributed by atoms with van der Waals surface area (Å²) in [4.78, 5) is 4.55. The third-order valence-electron chi connectivity index (χ3n) is 3.74. The molecule has 0 spiro atoms. The van der Waals surface area contributed by atoms with Crippen molar-refractivity contribution in [3.63, 3.8) is 0 Å². The molecule has 0 saturated carbocycles. The molecule has 0 unspecified atom stereocenters. The maximum atomic E-state index is 12.4. The summed E-state index contributed by atoms with van der Waals surface area (Å²) in [6, 6.07) is 14.2. The number of sulfonamides is 1. The van der Waals surface area contributed by atoms with Gasteiger partial charge in [0.1, 0.15) is 0 Å². The molecule has 0 atom stereocenters. The molecule has 1 aromatic heterocycles. The molecule has 4 nitrogen and oxygen atoms in total. The van der Waals surface area contributed by atoms with E-state index < -0.39 is 10.0 Å². The Morgan fingerprint density at radius 1 is 1.08 bits per heavy atom. The van der Waals surface area contributed by atoms with Gasteiger partial charge in [-0.3, -0.25) is 4.72 Å². The zero-order chi connectivity index (χ0) is 18.7. The molecule has 0 aliphatic rings. The van der Waals surface area contributed by atoms with Crippen LogP contribution in [-0.4, -0.2) is 13.4 Å². The Kier molecular flexibility index (Phi) is 5.65. The lowest BCUT2D eigenvalue weighted by molar-refractivity contribution is 0.601. The van der Waals surface area contributed by atoms with Crippen molar-refractivity contribution >= 4 is 38.1 Å². The van der Waals surface area contributed by atoms with Gasteiger partial charge in [-0.25, -0.2) is 13.4 Å². The smallest absolute Gasteiger partial charge is 0.255 e. The number of hydrogen-bond acceptors (Lipinski definition) is 4. The summed E-state index contributed by atoms with van der Waals surface area (Å²) in [5, 5.41) is 2.67. The van der Waals surface area contributed by atoms with E-state index in [9.17, 15) is 8.42 Å². The van der Waals surface area contributed by atoms with Crippen LogP contribution in [0.4, 0.5) is 5.13 Å². The van der Waals surface area contributed by atoms with Crippen LogP contribution >= 0.6 is 22.9 Å². The van der Waals surface area contributed by atoms with Gasteiger partial charge in [0.25, 0.3) is 10.0 Å². The summed E-state index contributed by atoms with van der Waals surface area (Å²) in [6.45, 7) is 4.38. The van der Waals surface area contributed by atoms with Crippen LogP contribution < -0.4 is 4.72 Å². The predicted molar refractivity (Wildman–Crippen MR) is 108 cm³/mol. The average molecular weight is 407 g/mol. The first-order valence-electron chi connectivity index (χ1n) is 8.17. The molecule has 2 aromatic carbocycles. The van der Waals surface area contributed by atoms with Crippen LogP contribution in [0.3, 0.4) is 0 Å². The topological polar surface area (TPSA) is 59.1 Å². The van der Waals surface area contributed by atoms with E-state index in [0.29, 0.717) is 16.1 Å². The Balaban J connectivity index is 1.76. The molecular weight excluding hydrogens is 388 g/mol. The number of benzene rings is 2. The van der Waals surface area contributed by atoms with Gasteiger partial charge in [-0.15, -0.1) is 11.3 Å². The lowest BCUT2D eigenvalue weighted by Gasteiger charge is -2.06. The van der Waals surface area contributed by atoms with Gasteiger partial charge in [-0.2, -0.15) is 0 Å². The molecule has 3 rings (SSSR count). The fourth-order valence-corrected chi connectivity index (χ4v) is 4.62. The maximum Gasteiger partial charge on any atom is 0.263 e. The molecule has 26 heavy (non-hydrogen) atoms. The Bertz CT molecular complexity index is 979. The minimum Gasteiger partial charge on any atom is -0.255 e. The second kappa shape index (κ2) is 7.78. The van der Waals surface area contributed by atoms with E-state index in [4.69, 9.17) is 11.6 Å². The Morgan fingerprint density at radius 3 is 2.35 bits per heavy atom. The molecule has 7 heteroatoms. The average Bonchev–Trinajstić information content (AvgIpc) is 3.03. The molecule has 136 valence electrons. The minimum atomic E-state index is -3.68. The number of aromatic nitrogens is 1. The van der Waals surface area contributed by atoms with Crippen molar-refractivity contribution in [3.8, 4) is 11.3 Å². The summed E-state index contributed by atoms with van der Waals surface area (Å²) in [7, 11) is -3.68. The van der Waals surface area contributed by atoms with Gasteiger partial charge in [0, 0.05) is 16.0 Å². The summed E-state index contributed by atoms with van der Waals surface area (Å²) in [6.07, 6.45) is 1.03. The van der Waals surface area contributed by atoms with Gasteiger partial charge in [0.15, 0.2) is 5.13 Å². The van der Waals surface area contributed by atoms with E-state index in [0.717, 1.165) is 17.7 Å². The van der Waals surface area contributed by atoms with Crippen molar-refractivity contribution in [1.82, 2.24) is 4.98 Å². The number of nitrogens with zero attached hydrogens (tertiary/aromatic N) is 1. The van der Waals surface area contributed by atoms with Crippen molar-refractivity contribution in [2.24, 2.45) is 5.92 Å². The lowest BCUT2D eigenvalue weighted by Crippen LogP contribution is -2.12. The Hall–Kier alpha value is -1.89. The highest BCUT2D eigenvalue weighted by Gasteiger charge is 2.16. The van der Waals surface area contributed by atoms with Crippen molar-refractivity contribution in [2.75, 3.05) is 4.72 Å². The number of anilines is 1. The van der Waals surface area contributed by atoms with Crippen molar-refractivity contribution in [1.29, 1.82) is 0 Å². The lowest BCUT2D eigenvalue weighted by atomic mass is 10.0. The van der Waals surface area contributed by atoms with E-state index in [2.05, 4.69) is 35.7 Å². The highest BCUT2D eigenvalue weighted by molar-refractivity contribution is 7.93. The number of nitrogens with one attached hydrogen (secondary N) is 1. The first-order valence-corrected chi connectivity index (χ1v) is 10.9. The number of rotatable bonds is 6. The second-order valence-corrected chi connectivity index (χ2v) is 9.37. The zero-order valence-electron chi connectivity index (χ0n) is 14.4. The van der Waals surface area contributed by atoms with Gasteiger partial charge in [0.05, 0.1) is 10.6 Å². The van der Waals surface area contributed by atoms with E-state index >= 15 is 0 Å². The second-order valence-electron chi connectivity index (χ2n) is 6.39. The largest absolute Gasteiger partial charge is 0.263 e. The van der Waals surface area contributed by atoms with Crippen LogP contribution in [0.1, 0.15) is 19.4 Å². The van der Waals surface area contributed by atoms with E-state index in [1.165, 1.54) is 29.0 Å². The molecule has 0 amide bonds. The fraction of sp³-hybridized carbons (Fsp3) is 0.211. The molecule has 1 N–H and O–H groups in total. The molecule has 0 bridgehead atoms. The molecule has 1 heterocycles. The van der Waals surface area contributed by atoms with Crippen molar-refractivity contribution in [2.45, 2.75) is 25.2 Å². The third-order valence-corrected chi connectivity index (χ3v) is 6.24. The summed E-state index contributed by atoms with van der Waals surface area (Å²) in [5.74, 6) is 0.606. The van der Waals surface area contributed by atoms with Crippen molar-refractivity contribution in [3.05, 3.63) is 64.5 Å². The van der Waals surface area contributed by atoms with E-state index in [1.807, 2.05) is 17.5 Å². The third kappa shape index (κ3) is 4.63. The summed E-state index contributed by atoms with van der Waals surface area (Å²) < 4.78 is 27.4. The van der Waals surface area contributed by atoms with Gasteiger partial charge in [0.2, 0.25) is 0 Å². The van der Waals surface area contributed by atoms with Gasteiger partial charge in [-0.1, -0.05) is 49.7 Å². The highest BCUT2D eigenvalue weighted by Crippen LogP contribution is 2.27. The van der Waals surface area contributed by atoms with Crippen molar-refractivity contribution < 1.29 is 8.42 Å². The maximum absolute atomic E-state index is 12.4. The normalized spacial score (nSPS) is 11.7. The van der Waals surface area contributed by atoms with Gasteiger partial charge < -0.3 is 0 Å². The SMILES string of the molecule is CC(C)Cc1ccc(-c2csc(NS(=O)(=O)c3ccc(Cl)cc3)n2)cc1. The van der Waals surface area contributed by atoms with Crippen LogP contribution in [-0.2, 0) is 16.4 Å². The molecule has 3 aromatic rings. The van der Waals surface area contributed by atoms with Gasteiger partial charge >= 0.3 is 0 Å². The monoisotopic (exact) mass is 406 g/mol. The molecule has 0 aliphatic heterocycles. The highest BCUT2D eigenvalue weighted by atomic mass is 35.5. The fourth-order valence-electron chi connectivity index (χ4n) is 2.52. The first kappa shape index (κ1) is 18.9. The Labute approximate surface area is 162 Å². The van der Waals surface area contributed by atoms with Gasteiger partial charge in [-0.05, 0) is 42.2 Å². The summed E-state index contributed by atoms with van der Waals surface area (Å²) >= 11 is 7.06. The molecule has 0 aliphatic carbocycles. The van der Waals surface area contributed by atoms with Crippen LogP contribution in [0.5, 0.6) is 0 Å². The molecule has 0 saturated heterocycles. The Morgan fingerprint density at radius 2 is 1.73 bits per heavy atom. The number of halogens is 1. The van der Waals surface area contributed by atoms with Crippen LogP contribution in [0.2, 0.25) is 5.02 Å². The van der Waals surface area contributed by atoms with Crippen LogP contribution in [0, 0.1) is 5.92 Å². The standard InChI is InChI=1S/C19H19ClN2O2S2/c1-13(2)11-14-3-5-15(6-4-14)18-12-25-19(21-18)22-26(23,24)17-9-7-16(20)8-10-17/h3-10,12-13H,11H2,1-2H3,(H,21,22). The number of thiazole rings is 1. The van der Waals surface area contributed by atoms with Crippen LogP contribution in [0.15, 0.2) is 58.8 Å². The molecule has 0 fully saturated rings. The number of hydrogen-bond donors (Lipinski definition) is 1. The zero-order valence-corrected chi connectivity index (χ0v) is 16.8. The van der Waals surface area contributed by atoms with Crippen LogP contribution in [0.25, 0.3) is 11.3 Å². The molecular formula is C19H19ClN2O2S2. The first-order chi connectivity index (χ1) is 12.3.